The predicted octanol–water partition coefficient (Wildman–Crippen LogP) is 3.74. The number of hydrazone groups is 1. The Labute approximate surface area is 151 Å². The van der Waals surface area contributed by atoms with E-state index in [1.54, 1.807) is 48.5 Å². The van der Waals surface area contributed by atoms with Crippen molar-refractivity contribution in [2.24, 2.45) is 5.10 Å². The summed E-state index contributed by atoms with van der Waals surface area (Å²) in [4.78, 5) is 12.1. The summed E-state index contributed by atoms with van der Waals surface area (Å²) < 4.78 is 5.69. The summed E-state index contributed by atoms with van der Waals surface area (Å²) >= 11 is 0. The molecule has 5 heteroatoms. The molecule has 0 saturated heterocycles. The van der Waals surface area contributed by atoms with Crippen molar-refractivity contribution in [3.8, 4) is 11.5 Å². The maximum absolute atomic E-state index is 12.1. The highest BCUT2D eigenvalue weighted by Gasteiger charge is 2.04. The fourth-order valence-corrected chi connectivity index (χ4v) is 2.23. The third-order valence-corrected chi connectivity index (χ3v) is 3.64. The third-order valence-electron chi connectivity index (χ3n) is 3.64. The second-order valence-corrected chi connectivity index (χ2v) is 5.59. The Balaban J connectivity index is 1.52. The molecule has 3 aromatic carbocycles. The molecule has 0 heterocycles. The Kier molecular flexibility index (Phi) is 5.62. The van der Waals surface area contributed by atoms with E-state index in [1.165, 1.54) is 6.21 Å². The lowest BCUT2D eigenvalue weighted by Crippen LogP contribution is -2.17. The van der Waals surface area contributed by atoms with Gasteiger partial charge in [0.25, 0.3) is 5.91 Å². The molecule has 26 heavy (non-hydrogen) atoms. The number of carbonyl (C=O) groups is 1. The minimum absolute atomic E-state index is 0.181. The number of ether oxygens (including phenoxy) is 1. The first kappa shape index (κ1) is 17.2. The molecule has 0 aromatic heterocycles. The van der Waals surface area contributed by atoms with Crippen molar-refractivity contribution in [1.29, 1.82) is 0 Å². The molecule has 2 N–H and O–H groups in total. The minimum atomic E-state index is -0.311. The number of rotatable bonds is 6. The highest BCUT2D eigenvalue weighted by Crippen LogP contribution is 2.14. The van der Waals surface area contributed by atoms with Gasteiger partial charge in [-0.25, -0.2) is 5.43 Å². The van der Waals surface area contributed by atoms with Crippen LogP contribution >= 0.6 is 0 Å². The third kappa shape index (κ3) is 4.95. The Morgan fingerprint density at radius 2 is 1.65 bits per heavy atom. The van der Waals surface area contributed by atoms with Gasteiger partial charge in [0, 0.05) is 5.56 Å². The van der Waals surface area contributed by atoms with Crippen molar-refractivity contribution in [3.05, 3.63) is 95.6 Å². The van der Waals surface area contributed by atoms with Gasteiger partial charge in [0.05, 0.1) is 6.21 Å². The molecule has 0 aliphatic heterocycles. The van der Waals surface area contributed by atoms with Crippen molar-refractivity contribution in [2.75, 3.05) is 0 Å². The van der Waals surface area contributed by atoms with E-state index in [0.717, 1.165) is 11.1 Å². The van der Waals surface area contributed by atoms with Crippen LogP contribution in [-0.4, -0.2) is 17.2 Å². The number of amides is 1. The molecular weight excluding hydrogens is 328 g/mol. The zero-order chi connectivity index (χ0) is 18.2. The molecule has 3 rings (SSSR count). The summed E-state index contributed by atoms with van der Waals surface area (Å²) in [5.41, 5.74) is 4.81. The van der Waals surface area contributed by atoms with Crippen LogP contribution < -0.4 is 10.2 Å². The summed E-state index contributed by atoms with van der Waals surface area (Å²) in [6.45, 7) is 0.476. The van der Waals surface area contributed by atoms with Crippen molar-refractivity contribution in [1.82, 2.24) is 5.43 Å². The van der Waals surface area contributed by atoms with Crippen LogP contribution in [0.2, 0.25) is 0 Å². The van der Waals surface area contributed by atoms with Crippen LogP contribution in [-0.2, 0) is 6.61 Å². The number of phenols is 1. The van der Waals surface area contributed by atoms with E-state index in [0.29, 0.717) is 17.9 Å². The Hall–Kier alpha value is -3.60. The molecule has 3 aromatic rings. The predicted molar refractivity (Wildman–Crippen MR) is 100 cm³/mol. The molecule has 0 bridgehead atoms. The van der Waals surface area contributed by atoms with Gasteiger partial charge in [-0.1, -0.05) is 30.3 Å². The standard InChI is InChI=1S/C21H18N2O3/c24-19-10-6-16(7-11-19)14-22-23-21(25)18-8-12-20(13-9-18)26-15-17-4-2-1-3-5-17/h1-14,24H,15H2,(H,23,25)/b22-14+. The first-order chi connectivity index (χ1) is 12.7. The van der Waals surface area contributed by atoms with Gasteiger partial charge in [0.15, 0.2) is 0 Å². The average Bonchev–Trinajstić information content (AvgIpc) is 2.69. The number of nitrogens with one attached hydrogen (secondary N) is 1. The van der Waals surface area contributed by atoms with Crippen LogP contribution in [0.15, 0.2) is 84.0 Å². The molecule has 5 nitrogen and oxygen atoms in total. The van der Waals surface area contributed by atoms with Gasteiger partial charge in [0.1, 0.15) is 18.1 Å². The van der Waals surface area contributed by atoms with Gasteiger partial charge in [-0.2, -0.15) is 5.10 Å². The summed E-state index contributed by atoms with van der Waals surface area (Å²) in [6.07, 6.45) is 1.51. The molecule has 0 spiro atoms. The number of hydrogen-bond donors (Lipinski definition) is 2. The molecular formula is C21H18N2O3. The lowest BCUT2D eigenvalue weighted by atomic mass is 10.2. The Bertz CT molecular complexity index is 873. The van der Waals surface area contributed by atoms with Gasteiger partial charge in [-0.05, 0) is 59.7 Å². The van der Waals surface area contributed by atoms with E-state index in [1.807, 2.05) is 30.3 Å². The highest BCUT2D eigenvalue weighted by atomic mass is 16.5. The summed E-state index contributed by atoms with van der Waals surface area (Å²) in [5.74, 6) is 0.563. The first-order valence-corrected chi connectivity index (χ1v) is 8.10. The topological polar surface area (TPSA) is 70.9 Å². The van der Waals surface area contributed by atoms with Gasteiger partial charge < -0.3 is 9.84 Å². The number of benzene rings is 3. The van der Waals surface area contributed by atoms with E-state index in [4.69, 9.17) is 4.74 Å². The van der Waals surface area contributed by atoms with Crippen LogP contribution in [0.4, 0.5) is 0 Å². The van der Waals surface area contributed by atoms with Crippen molar-refractivity contribution in [3.63, 3.8) is 0 Å². The molecule has 0 aliphatic carbocycles. The lowest BCUT2D eigenvalue weighted by Gasteiger charge is -2.07. The van der Waals surface area contributed by atoms with E-state index >= 15 is 0 Å². The SMILES string of the molecule is O=C(N/N=C/c1ccc(O)cc1)c1ccc(OCc2ccccc2)cc1. The van der Waals surface area contributed by atoms with Gasteiger partial charge in [-0.15, -0.1) is 0 Å². The lowest BCUT2D eigenvalue weighted by molar-refractivity contribution is 0.0955. The van der Waals surface area contributed by atoms with Gasteiger partial charge >= 0.3 is 0 Å². The molecule has 0 atom stereocenters. The number of nitrogens with zero attached hydrogens (tertiary/aromatic N) is 1. The second kappa shape index (κ2) is 8.48. The zero-order valence-corrected chi connectivity index (χ0v) is 14.0. The van der Waals surface area contributed by atoms with Gasteiger partial charge in [-0.3, -0.25) is 4.79 Å². The maximum atomic E-state index is 12.1. The first-order valence-electron chi connectivity index (χ1n) is 8.10. The minimum Gasteiger partial charge on any atom is -0.508 e. The maximum Gasteiger partial charge on any atom is 0.271 e. The average molecular weight is 346 g/mol. The van der Waals surface area contributed by atoms with E-state index in [9.17, 15) is 9.90 Å². The van der Waals surface area contributed by atoms with E-state index in [-0.39, 0.29) is 11.7 Å². The van der Waals surface area contributed by atoms with Crippen LogP contribution in [0.25, 0.3) is 0 Å². The molecule has 0 unspecified atom stereocenters. The van der Waals surface area contributed by atoms with Crippen LogP contribution in [0.5, 0.6) is 11.5 Å². The second-order valence-electron chi connectivity index (χ2n) is 5.59. The summed E-state index contributed by atoms with van der Waals surface area (Å²) in [5, 5.41) is 13.1. The van der Waals surface area contributed by atoms with E-state index in [2.05, 4.69) is 10.5 Å². The fourth-order valence-electron chi connectivity index (χ4n) is 2.23. The fraction of sp³-hybridized carbons (Fsp3) is 0.0476. The highest BCUT2D eigenvalue weighted by molar-refractivity contribution is 5.95. The van der Waals surface area contributed by atoms with Gasteiger partial charge in [0.2, 0.25) is 0 Å². The molecule has 130 valence electrons. The molecule has 0 fully saturated rings. The van der Waals surface area contributed by atoms with E-state index < -0.39 is 0 Å². The summed E-state index contributed by atoms with van der Waals surface area (Å²) in [7, 11) is 0. The molecule has 1 amide bonds. The number of hydrogen-bond acceptors (Lipinski definition) is 4. The summed E-state index contributed by atoms with van der Waals surface area (Å²) in [6, 6.07) is 23.3. The molecule has 0 aliphatic rings. The Morgan fingerprint density at radius 3 is 2.35 bits per heavy atom. The van der Waals surface area contributed by atoms with Crippen LogP contribution in [0.3, 0.4) is 0 Å². The quantitative estimate of drug-likeness (QED) is 0.528. The normalized spacial score (nSPS) is 10.6. The molecule has 0 radical (unpaired) electrons. The van der Waals surface area contributed by atoms with Crippen LogP contribution in [0.1, 0.15) is 21.5 Å². The van der Waals surface area contributed by atoms with Crippen LogP contribution in [0, 0.1) is 0 Å². The molecule has 0 saturated carbocycles. The number of carbonyl (C=O) groups excluding carboxylic acids is 1. The van der Waals surface area contributed by atoms with Crippen molar-refractivity contribution >= 4 is 12.1 Å². The smallest absolute Gasteiger partial charge is 0.271 e. The largest absolute Gasteiger partial charge is 0.508 e. The van der Waals surface area contributed by atoms with Crippen molar-refractivity contribution < 1.29 is 14.6 Å². The number of aromatic hydroxyl groups is 1. The number of phenolic OH excluding ortho intramolecular Hbond substituents is 1. The monoisotopic (exact) mass is 346 g/mol. The zero-order valence-electron chi connectivity index (χ0n) is 14.0. The Morgan fingerprint density at radius 1 is 0.962 bits per heavy atom. The van der Waals surface area contributed by atoms with Crippen molar-refractivity contribution in [2.45, 2.75) is 6.61 Å².